The van der Waals surface area contributed by atoms with Crippen LogP contribution in [-0.2, 0) is 9.53 Å². The van der Waals surface area contributed by atoms with Crippen molar-refractivity contribution in [1.82, 2.24) is 9.55 Å². The highest BCUT2D eigenvalue weighted by molar-refractivity contribution is 5.93. The molecule has 5 nitrogen and oxygen atoms in total. The van der Waals surface area contributed by atoms with Gasteiger partial charge in [0.2, 0.25) is 0 Å². The molecule has 4 rings (SSSR count). The first-order valence-electron chi connectivity index (χ1n) is 9.14. The fourth-order valence-corrected chi connectivity index (χ4v) is 4.38. The Kier molecular flexibility index (Phi) is 4.41. The molecule has 0 radical (unpaired) electrons. The van der Waals surface area contributed by atoms with Crippen LogP contribution in [0, 0.1) is 11.8 Å². The predicted octanol–water partition coefficient (Wildman–Crippen LogP) is 3.32. The minimum atomic E-state index is -0.444. The highest BCUT2D eigenvalue weighted by Crippen LogP contribution is 2.46. The third-order valence-corrected chi connectivity index (χ3v) is 5.93. The van der Waals surface area contributed by atoms with Crippen LogP contribution in [0.1, 0.15) is 43.5 Å². The number of carbonyl (C=O) groups is 1. The number of imidazole rings is 1. The molecule has 1 aliphatic carbocycles. The minimum absolute atomic E-state index is 0.0575. The topological polar surface area (TPSA) is 64.3 Å². The number of allylic oxidation sites excluding steroid dienone is 2. The Bertz CT molecular complexity index is 834. The van der Waals surface area contributed by atoms with E-state index in [2.05, 4.69) is 28.6 Å². The van der Waals surface area contributed by atoms with Gasteiger partial charge in [-0.25, -0.2) is 4.98 Å². The van der Waals surface area contributed by atoms with Crippen LogP contribution >= 0.6 is 0 Å². The van der Waals surface area contributed by atoms with Crippen LogP contribution in [-0.4, -0.2) is 33.8 Å². The molecule has 136 valence electrons. The van der Waals surface area contributed by atoms with Crippen LogP contribution in [0.5, 0.6) is 0 Å². The summed E-state index contributed by atoms with van der Waals surface area (Å²) < 4.78 is 6.96. The summed E-state index contributed by atoms with van der Waals surface area (Å²) in [4.78, 5) is 15.9. The maximum atomic E-state index is 11.6. The van der Waals surface area contributed by atoms with E-state index < -0.39 is 6.10 Å². The standard InChI is InChI=1S/C21H24N2O3/c1-13-18-11-22-12-23(18)17(20(13)14-6-4-3-5-7-14)10-19(24)15-8-16(9-15)21(25)26-2/h3-7,11-12,15-17,19,24H,8-10H2,1-2H3. The molecule has 2 aliphatic rings. The molecule has 2 aromatic rings. The van der Waals surface area contributed by atoms with Crippen molar-refractivity contribution in [3.8, 4) is 0 Å². The molecule has 1 saturated carbocycles. The molecule has 0 bridgehead atoms. The zero-order valence-corrected chi connectivity index (χ0v) is 15.1. The van der Waals surface area contributed by atoms with E-state index >= 15 is 0 Å². The highest BCUT2D eigenvalue weighted by Gasteiger charge is 2.41. The second-order valence-corrected chi connectivity index (χ2v) is 7.36. The second-order valence-electron chi connectivity index (χ2n) is 7.36. The average Bonchev–Trinajstić information content (AvgIpc) is 3.18. The zero-order valence-electron chi connectivity index (χ0n) is 15.1. The SMILES string of the molecule is COC(=O)C1CC(C(O)CC2C(c3ccccc3)=C(C)c3cncn32)C1. The van der Waals surface area contributed by atoms with Gasteiger partial charge in [-0.1, -0.05) is 30.3 Å². The molecule has 2 heterocycles. The van der Waals surface area contributed by atoms with E-state index in [4.69, 9.17) is 4.74 Å². The van der Waals surface area contributed by atoms with Crippen LogP contribution in [0.15, 0.2) is 42.9 Å². The second kappa shape index (κ2) is 6.72. The van der Waals surface area contributed by atoms with Gasteiger partial charge in [-0.15, -0.1) is 0 Å². The Labute approximate surface area is 153 Å². The van der Waals surface area contributed by atoms with Crippen molar-refractivity contribution in [3.63, 3.8) is 0 Å². The number of aliphatic hydroxyl groups is 1. The number of hydrogen-bond acceptors (Lipinski definition) is 4. The number of aliphatic hydroxyl groups excluding tert-OH is 1. The summed E-state index contributed by atoms with van der Waals surface area (Å²) in [6.45, 7) is 2.12. The van der Waals surface area contributed by atoms with Crippen molar-refractivity contribution in [1.29, 1.82) is 0 Å². The van der Waals surface area contributed by atoms with Crippen molar-refractivity contribution < 1.29 is 14.6 Å². The number of benzene rings is 1. The molecule has 1 fully saturated rings. The minimum Gasteiger partial charge on any atom is -0.469 e. The predicted molar refractivity (Wildman–Crippen MR) is 99.0 cm³/mol. The van der Waals surface area contributed by atoms with Crippen molar-refractivity contribution in [2.24, 2.45) is 11.8 Å². The summed E-state index contributed by atoms with van der Waals surface area (Å²) in [5.41, 5.74) is 4.77. The molecule has 1 aliphatic heterocycles. The molecule has 5 heteroatoms. The summed E-state index contributed by atoms with van der Waals surface area (Å²) in [6.07, 6.45) is 5.34. The van der Waals surface area contributed by atoms with Crippen LogP contribution in [0.2, 0.25) is 0 Å². The molecule has 26 heavy (non-hydrogen) atoms. The Morgan fingerprint density at radius 2 is 2.08 bits per heavy atom. The van der Waals surface area contributed by atoms with Gasteiger partial charge >= 0.3 is 5.97 Å². The normalized spacial score (nSPS) is 25.6. The maximum absolute atomic E-state index is 11.6. The lowest BCUT2D eigenvalue weighted by Crippen LogP contribution is -2.39. The monoisotopic (exact) mass is 352 g/mol. The average molecular weight is 352 g/mol. The van der Waals surface area contributed by atoms with E-state index in [-0.39, 0.29) is 23.8 Å². The summed E-state index contributed by atoms with van der Waals surface area (Å²) >= 11 is 0. The van der Waals surface area contributed by atoms with Gasteiger partial charge in [-0.2, -0.15) is 0 Å². The Morgan fingerprint density at radius 1 is 1.35 bits per heavy atom. The first-order valence-corrected chi connectivity index (χ1v) is 9.14. The molecular weight excluding hydrogens is 328 g/mol. The number of esters is 1. The number of nitrogens with zero attached hydrogens (tertiary/aromatic N) is 2. The molecule has 1 aromatic heterocycles. The number of methoxy groups -OCH3 is 1. The zero-order chi connectivity index (χ0) is 18.3. The Balaban J connectivity index is 1.54. The molecule has 1 aromatic carbocycles. The molecular formula is C21H24N2O3. The van der Waals surface area contributed by atoms with Crippen molar-refractivity contribution in [3.05, 3.63) is 54.1 Å². The number of fused-ring (bicyclic) bond motifs is 1. The molecule has 0 spiro atoms. The molecule has 1 N–H and O–H groups in total. The number of ether oxygens (including phenoxy) is 1. The van der Waals surface area contributed by atoms with Crippen LogP contribution in [0.4, 0.5) is 0 Å². The molecule has 0 saturated heterocycles. The number of carbonyl (C=O) groups excluding carboxylic acids is 1. The van der Waals surface area contributed by atoms with E-state index in [0.717, 1.165) is 5.69 Å². The van der Waals surface area contributed by atoms with E-state index in [1.807, 2.05) is 30.7 Å². The van der Waals surface area contributed by atoms with Gasteiger partial charge in [0.05, 0.1) is 43.4 Å². The van der Waals surface area contributed by atoms with Gasteiger partial charge in [0.25, 0.3) is 0 Å². The van der Waals surface area contributed by atoms with Crippen molar-refractivity contribution in [2.45, 2.75) is 38.3 Å². The van der Waals surface area contributed by atoms with Crippen LogP contribution in [0.3, 0.4) is 0 Å². The van der Waals surface area contributed by atoms with Crippen molar-refractivity contribution >= 4 is 17.1 Å². The van der Waals surface area contributed by atoms with Gasteiger partial charge in [-0.3, -0.25) is 4.79 Å². The lowest BCUT2D eigenvalue weighted by Gasteiger charge is -2.37. The maximum Gasteiger partial charge on any atom is 0.308 e. The van der Waals surface area contributed by atoms with E-state index in [9.17, 15) is 9.90 Å². The first-order chi connectivity index (χ1) is 12.6. The molecule has 0 amide bonds. The number of aromatic nitrogens is 2. The Morgan fingerprint density at radius 3 is 2.77 bits per heavy atom. The fourth-order valence-electron chi connectivity index (χ4n) is 4.38. The van der Waals surface area contributed by atoms with Gasteiger partial charge in [0.1, 0.15) is 0 Å². The summed E-state index contributed by atoms with van der Waals surface area (Å²) in [5.74, 6) is -0.0613. The number of hydrogen-bond donors (Lipinski definition) is 1. The summed E-state index contributed by atoms with van der Waals surface area (Å²) in [6, 6.07) is 10.4. The molecule has 2 unspecified atom stereocenters. The van der Waals surface area contributed by atoms with Gasteiger partial charge in [-0.05, 0) is 48.8 Å². The molecule has 2 atom stereocenters. The largest absolute Gasteiger partial charge is 0.469 e. The van der Waals surface area contributed by atoms with Gasteiger partial charge < -0.3 is 14.4 Å². The quantitative estimate of drug-likeness (QED) is 0.839. The van der Waals surface area contributed by atoms with Crippen molar-refractivity contribution in [2.75, 3.05) is 7.11 Å². The smallest absolute Gasteiger partial charge is 0.308 e. The van der Waals surface area contributed by atoms with Gasteiger partial charge in [0, 0.05) is 0 Å². The number of rotatable bonds is 5. The van der Waals surface area contributed by atoms with Gasteiger partial charge in [0.15, 0.2) is 0 Å². The lowest BCUT2D eigenvalue weighted by atomic mass is 9.70. The van der Waals surface area contributed by atoms with E-state index in [0.29, 0.717) is 19.3 Å². The summed E-state index contributed by atoms with van der Waals surface area (Å²) in [5, 5.41) is 10.8. The first kappa shape index (κ1) is 17.0. The highest BCUT2D eigenvalue weighted by atomic mass is 16.5. The van der Waals surface area contributed by atoms with Crippen LogP contribution in [0.25, 0.3) is 11.1 Å². The lowest BCUT2D eigenvalue weighted by molar-refractivity contribution is -0.152. The fraction of sp³-hybridized carbons (Fsp3) is 0.429. The third-order valence-electron chi connectivity index (χ3n) is 5.93. The van der Waals surface area contributed by atoms with E-state index in [1.165, 1.54) is 23.8 Å². The third kappa shape index (κ3) is 2.76. The van der Waals surface area contributed by atoms with E-state index in [1.54, 1.807) is 0 Å². The van der Waals surface area contributed by atoms with Crippen LogP contribution < -0.4 is 0 Å². The Hall–Kier alpha value is -2.40. The summed E-state index contributed by atoms with van der Waals surface area (Å²) in [7, 11) is 1.42.